The Balaban J connectivity index is 2.03. The van der Waals surface area contributed by atoms with Crippen molar-refractivity contribution in [3.05, 3.63) is 11.9 Å². The van der Waals surface area contributed by atoms with E-state index in [-0.39, 0.29) is 18.2 Å². The fourth-order valence-corrected chi connectivity index (χ4v) is 1.70. The van der Waals surface area contributed by atoms with Crippen LogP contribution >= 0.6 is 0 Å². The number of carbonyl (C=O) groups is 1. The Morgan fingerprint density at radius 2 is 2.38 bits per heavy atom. The van der Waals surface area contributed by atoms with E-state index in [2.05, 4.69) is 20.7 Å². The van der Waals surface area contributed by atoms with E-state index in [1.165, 1.54) is 6.20 Å². The minimum absolute atomic E-state index is 0.0973. The number of aliphatic hydroxyl groups is 1. The highest BCUT2D eigenvalue weighted by molar-refractivity contribution is 5.92. The maximum atomic E-state index is 11.8. The molecule has 0 aliphatic carbocycles. The third-order valence-electron chi connectivity index (χ3n) is 2.78. The average molecular weight is 226 g/mol. The summed E-state index contributed by atoms with van der Waals surface area (Å²) in [6.07, 6.45) is 2.56. The maximum Gasteiger partial charge on any atom is 0.273 e. The molecule has 1 aliphatic heterocycles. The smallest absolute Gasteiger partial charge is 0.273 e. The van der Waals surface area contributed by atoms with E-state index in [9.17, 15) is 9.90 Å². The van der Waals surface area contributed by atoms with Crippen LogP contribution in [0.15, 0.2) is 6.20 Å². The molecule has 88 valence electrons. The molecule has 0 spiro atoms. The van der Waals surface area contributed by atoms with Crippen LogP contribution in [-0.4, -0.2) is 51.8 Å². The molecule has 0 radical (unpaired) electrons. The van der Waals surface area contributed by atoms with Gasteiger partial charge in [0.25, 0.3) is 5.91 Å². The third-order valence-corrected chi connectivity index (χ3v) is 2.78. The van der Waals surface area contributed by atoms with Gasteiger partial charge in [0.2, 0.25) is 0 Å². The highest BCUT2D eigenvalue weighted by Gasteiger charge is 2.34. The lowest BCUT2D eigenvalue weighted by atomic mass is 9.91. The minimum Gasteiger partial charge on any atom is -0.394 e. The van der Waals surface area contributed by atoms with Crippen molar-refractivity contribution in [1.29, 1.82) is 0 Å². The molecule has 2 rings (SSSR count). The van der Waals surface area contributed by atoms with Gasteiger partial charge in [0, 0.05) is 13.2 Å². The topological polar surface area (TPSA) is 100 Å². The van der Waals surface area contributed by atoms with Crippen molar-refractivity contribution >= 4 is 5.91 Å². The molecule has 3 N–H and O–H groups in total. The quantitative estimate of drug-likeness (QED) is 0.618. The second-order valence-corrected chi connectivity index (χ2v) is 3.86. The first-order valence-corrected chi connectivity index (χ1v) is 5.13. The SMILES string of the molecule is O=C(NC1(CO)CCOCC1)c1cn[nH]n1. The molecule has 0 unspecified atom stereocenters. The number of hydrogen-bond acceptors (Lipinski definition) is 5. The van der Waals surface area contributed by atoms with Crippen molar-refractivity contribution in [1.82, 2.24) is 20.7 Å². The molecular weight excluding hydrogens is 212 g/mol. The average Bonchev–Trinajstić information content (AvgIpc) is 2.84. The van der Waals surface area contributed by atoms with Crippen LogP contribution in [0, 0.1) is 0 Å². The van der Waals surface area contributed by atoms with Crippen LogP contribution in [0.4, 0.5) is 0 Å². The van der Waals surface area contributed by atoms with Gasteiger partial charge in [-0.25, -0.2) is 0 Å². The summed E-state index contributed by atoms with van der Waals surface area (Å²) < 4.78 is 5.20. The van der Waals surface area contributed by atoms with Crippen LogP contribution in [0.25, 0.3) is 0 Å². The number of hydrogen-bond donors (Lipinski definition) is 3. The van der Waals surface area contributed by atoms with Crippen LogP contribution in [0.2, 0.25) is 0 Å². The number of carbonyl (C=O) groups excluding carboxylic acids is 1. The lowest BCUT2D eigenvalue weighted by molar-refractivity contribution is 0.0124. The number of amides is 1. The molecule has 0 bridgehead atoms. The second-order valence-electron chi connectivity index (χ2n) is 3.86. The summed E-state index contributed by atoms with van der Waals surface area (Å²) in [5, 5.41) is 21.8. The predicted molar refractivity (Wildman–Crippen MR) is 53.7 cm³/mol. The molecule has 7 heteroatoms. The molecule has 0 saturated carbocycles. The number of aliphatic hydroxyl groups excluding tert-OH is 1. The zero-order valence-electron chi connectivity index (χ0n) is 8.77. The molecular formula is C9H14N4O3. The van der Waals surface area contributed by atoms with Gasteiger partial charge >= 0.3 is 0 Å². The van der Waals surface area contributed by atoms with Crippen molar-refractivity contribution in [3.8, 4) is 0 Å². The minimum atomic E-state index is -0.589. The van der Waals surface area contributed by atoms with Crippen molar-refractivity contribution in [3.63, 3.8) is 0 Å². The first kappa shape index (κ1) is 11.0. The van der Waals surface area contributed by atoms with E-state index in [1.54, 1.807) is 0 Å². The summed E-state index contributed by atoms with van der Waals surface area (Å²) in [4.78, 5) is 11.8. The van der Waals surface area contributed by atoms with Gasteiger partial charge in [-0.05, 0) is 12.8 Å². The summed E-state index contributed by atoms with van der Waals surface area (Å²) >= 11 is 0. The predicted octanol–water partition coefficient (Wildman–Crippen LogP) is -0.924. The Morgan fingerprint density at radius 3 is 2.94 bits per heavy atom. The number of nitrogens with one attached hydrogen (secondary N) is 2. The fourth-order valence-electron chi connectivity index (χ4n) is 1.70. The molecule has 1 aliphatic rings. The summed E-state index contributed by atoms with van der Waals surface area (Å²) in [7, 11) is 0. The summed E-state index contributed by atoms with van der Waals surface area (Å²) in [5.41, 5.74) is -0.367. The van der Waals surface area contributed by atoms with Crippen molar-refractivity contribution in [2.24, 2.45) is 0 Å². The Kier molecular flexibility index (Phi) is 3.16. The molecule has 1 saturated heterocycles. The second kappa shape index (κ2) is 4.58. The van der Waals surface area contributed by atoms with Gasteiger partial charge in [0.05, 0.1) is 18.3 Å². The van der Waals surface area contributed by atoms with Crippen molar-refractivity contribution in [2.75, 3.05) is 19.8 Å². The fraction of sp³-hybridized carbons (Fsp3) is 0.667. The molecule has 0 aromatic carbocycles. The Morgan fingerprint density at radius 1 is 1.62 bits per heavy atom. The van der Waals surface area contributed by atoms with Gasteiger partial charge in [-0.2, -0.15) is 15.4 Å². The van der Waals surface area contributed by atoms with Crippen LogP contribution in [-0.2, 0) is 4.74 Å². The summed E-state index contributed by atoms with van der Waals surface area (Å²) in [6.45, 7) is 0.985. The summed E-state index contributed by atoms with van der Waals surface area (Å²) in [6, 6.07) is 0. The number of nitrogens with zero attached hydrogens (tertiary/aromatic N) is 2. The lowest BCUT2D eigenvalue weighted by Crippen LogP contribution is -2.54. The van der Waals surface area contributed by atoms with E-state index in [0.717, 1.165) is 0 Å². The maximum absolute atomic E-state index is 11.8. The lowest BCUT2D eigenvalue weighted by Gasteiger charge is -2.35. The molecule has 16 heavy (non-hydrogen) atoms. The molecule has 1 amide bonds. The standard InChI is InChI=1S/C9H14N4O3/c14-6-9(1-3-16-4-2-9)11-8(15)7-5-10-13-12-7/h5,14H,1-4,6H2,(H,11,15)(H,10,12,13). The third kappa shape index (κ3) is 2.20. The Bertz CT molecular complexity index is 346. The van der Waals surface area contributed by atoms with E-state index in [1.807, 2.05) is 0 Å². The van der Waals surface area contributed by atoms with Crippen LogP contribution in [0.3, 0.4) is 0 Å². The first-order valence-electron chi connectivity index (χ1n) is 5.13. The van der Waals surface area contributed by atoms with Gasteiger partial charge in [-0.3, -0.25) is 4.79 Å². The normalized spacial score (nSPS) is 19.3. The number of aromatic amines is 1. The van der Waals surface area contributed by atoms with Gasteiger partial charge in [0.15, 0.2) is 5.69 Å². The van der Waals surface area contributed by atoms with E-state index in [0.29, 0.717) is 26.1 Å². The van der Waals surface area contributed by atoms with Crippen LogP contribution in [0.1, 0.15) is 23.3 Å². The zero-order chi connectivity index (χ0) is 11.4. The summed E-state index contributed by atoms with van der Waals surface area (Å²) in [5.74, 6) is -0.329. The van der Waals surface area contributed by atoms with Gasteiger partial charge in [-0.15, -0.1) is 0 Å². The zero-order valence-corrected chi connectivity index (χ0v) is 8.77. The van der Waals surface area contributed by atoms with Gasteiger partial charge in [-0.1, -0.05) is 0 Å². The molecule has 7 nitrogen and oxygen atoms in total. The van der Waals surface area contributed by atoms with Gasteiger partial charge in [0.1, 0.15) is 0 Å². The number of ether oxygens (including phenoxy) is 1. The monoisotopic (exact) mass is 226 g/mol. The molecule has 2 heterocycles. The molecule has 1 aromatic heterocycles. The highest BCUT2D eigenvalue weighted by atomic mass is 16.5. The molecule has 0 atom stereocenters. The van der Waals surface area contributed by atoms with Crippen molar-refractivity contribution in [2.45, 2.75) is 18.4 Å². The van der Waals surface area contributed by atoms with Gasteiger partial charge < -0.3 is 15.2 Å². The van der Waals surface area contributed by atoms with E-state index < -0.39 is 5.54 Å². The molecule has 1 fully saturated rings. The van der Waals surface area contributed by atoms with E-state index >= 15 is 0 Å². The largest absolute Gasteiger partial charge is 0.394 e. The molecule has 1 aromatic rings. The number of H-pyrrole nitrogens is 1. The van der Waals surface area contributed by atoms with Crippen molar-refractivity contribution < 1.29 is 14.6 Å². The number of rotatable bonds is 3. The Hall–Kier alpha value is -1.47. The van der Waals surface area contributed by atoms with E-state index in [4.69, 9.17) is 4.74 Å². The van der Waals surface area contributed by atoms with Crippen LogP contribution < -0.4 is 5.32 Å². The number of aromatic nitrogens is 3. The Labute approximate surface area is 92.2 Å². The highest BCUT2D eigenvalue weighted by Crippen LogP contribution is 2.20. The first-order chi connectivity index (χ1) is 7.76. The van der Waals surface area contributed by atoms with Crippen LogP contribution in [0.5, 0.6) is 0 Å².